The first kappa shape index (κ1) is 18.4. The third-order valence-electron chi connectivity index (χ3n) is 4.90. The predicted octanol–water partition coefficient (Wildman–Crippen LogP) is 3.74. The molecule has 0 N–H and O–H groups in total. The number of rotatable bonds is 5. The molecule has 0 saturated carbocycles. The summed E-state index contributed by atoms with van der Waals surface area (Å²) in [6.07, 6.45) is 3.46. The first-order valence-corrected chi connectivity index (χ1v) is 9.69. The van der Waals surface area contributed by atoms with Crippen molar-refractivity contribution >= 4 is 10.1 Å². The minimum Gasteiger partial charge on any atom is -0.291 e. The monoisotopic (exact) mass is 339 g/mol. The number of nitrogens with zero attached hydrogens (tertiary/aromatic N) is 1. The van der Waals surface area contributed by atoms with Gasteiger partial charge in [-0.3, -0.25) is 9.08 Å². The van der Waals surface area contributed by atoms with Crippen molar-refractivity contribution in [3.63, 3.8) is 0 Å². The summed E-state index contributed by atoms with van der Waals surface area (Å²) in [6.45, 7) is 11.6. The van der Waals surface area contributed by atoms with Crippen LogP contribution in [0.25, 0.3) is 0 Å². The van der Waals surface area contributed by atoms with Crippen molar-refractivity contribution < 1.29 is 12.6 Å². The highest BCUT2D eigenvalue weighted by atomic mass is 32.2. The van der Waals surface area contributed by atoms with Crippen LogP contribution in [0.5, 0.6) is 0 Å². The second-order valence-corrected chi connectivity index (χ2v) is 9.33. The molecule has 0 amide bonds. The fraction of sp³-hybridized carbons (Fsp3) is 0.667. The maximum absolute atomic E-state index is 12.3. The second-order valence-electron chi connectivity index (χ2n) is 7.72. The van der Waals surface area contributed by atoms with E-state index in [0.717, 1.165) is 18.4 Å². The average Bonchev–Trinajstić information content (AvgIpc) is 2.42. The molecule has 0 spiro atoms. The Morgan fingerprint density at radius 2 is 1.57 bits per heavy atom. The van der Waals surface area contributed by atoms with E-state index in [-0.39, 0.29) is 22.6 Å². The van der Waals surface area contributed by atoms with Gasteiger partial charge >= 0.3 is 0 Å². The molecule has 130 valence electrons. The molecule has 0 aromatic heterocycles. The molecule has 5 heteroatoms. The van der Waals surface area contributed by atoms with Crippen LogP contribution in [0.4, 0.5) is 0 Å². The molecule has 0 aliphatic carbocycles. The van der Waals surface area contributed by atoms with Crippen molar-refractivity contribution in [3.8, 4) is 0 Å². The van der Waals surface area contributed by atoms with E-state index in [9.17, 15) is 8.42 Å². The topological polar surface area (TPSA) is 46.6 Å². The zero-order chi connectivity index (χ0) is 17.3. The molecule has 1 aliphatic heterocycles. The molecule has 23 heavy (non-hydrogen) atoms. The Morgan fingerprint density at radius 1 is 1.04 bits per heavy atom. The fourth-order valence-corrected chi connectivity index (χ4v) is 4.56. The van der Waals surface area contributed by atoms with Gasteiger partial charge in [-0.1, -0.05) is 17.7 Å². The van der Waals surface area contributed by atoms with E-state index in [2.05, 4.69) is 32.6 Å². The fourth-order valence-electron chi connectivity index (χ4n) is 3.66. The zero-order valence-electron chi connectivity index (χ0n) is 14.9. The Kier molecular flexibility index (Phi) is 5.24. The highest BCUT2D eigenvalue weighted by Gasteiger charge is 2.40. The lowest BCUT2D eigenvalue weighted by atomic mass is 9.80. The van der Waals surface area contributed by atoms with Gasteiger partial charge in [-0.15, -0.1) is 0 Å². The molecule has 1 heterocycles. The normalized spacial score (nSPS) is 21.3. The molecule has 2 rings (SSSR count). The third kappa shape index (κ3) is 4.34. The molecule has 1 fully saturated rings. The van der Waals surface area contributed by atoms with Gasteiger partial charge in [-0.05, 0) is 66.0 Å². The first-order chi connectivity index (χ1) is 10.5. The standard InChI is InChI=1S/C18H29NO3S/c1-15-7-9-16(10-8-15)23(20,21)22-14-13-19-17(2,3)11-6-12-18(19,4)5/h7-10H,6,11-14H2,1-5H3. The van der Waals surface area contributed by atoms with Gasteiger partial charge in [0.15, 0.2) is 0 Å². The van der Waals surface area contributed by atoms with Gasteiger partial charge in [0.25, 0.3) is 10.1 Å². The van der Waals surface area contributed by atoms with E-state index in [1.165, 1.54) is 6.42 Å². The molecular formula is C18H29NO3S. The van der Waals surface area contributed by atoms with Gasteiger partial charge in [0, 0.05) is 17.6 Å². The Labute approximate surface area is 141 Å². The number of benzene rings is 1. The minimum absolute atomic E-state index is 0.0682. The van der Waals surface area contributed by atoms with Gasteiger partial charge in [0.2, 0.25) is 0 Å². The predicted molar refractivity (Wildman–Crippen MR) is 93.0 cm³/mol. The molecule has 0 bridgehead atoms. The van der Waals surface area contributed by atoms with Gasteiger partial charge in [-0.2, -0.15) is 8.42 Å². The molecule has 4 nitrogen and oxygen atoms in total. The number of aryl methyl sites for hydroxylation is 1. The number of likely N-dealkylation sites (tertiary alicyclic amines) is 1. The summed E-state index contributed by atoms with van der Waals surface area (Å²) in [5, 5.41) is 0. The van der Waals surface area contributed by atoms with Gasteiger partial charge < -0.3 is 0 Å². The summed E-state index contributed by atoms with van der Waals surface area (Å²) >= 11 is 0. The summed E-state index contributed by atoms with van der Waals surface area (Å²) in [7, 11) is -3.68. The van der Waals surface area contributed by atoms with Crippen molar-refractivity contribution in [3.05, 3.63) is 29.8 Å². The van der Waals surface area contributed by atoms with Crippen molar-refractivity contribution in [1.82, 2.24) is 4.90 Å². The van der Waals surface area contributed by atoms with Crippen LogP contribution in [0, 0.1) is 6.92 Å². The minimum atomic E-state index is -3.68. The van der Waals surface area contributed by atoms with Gasteiger partial charge in [0.05, 0.1) is 11.5 Å². The van der Waals surface area contributed by atoms with Crippen LogP contribution >= 0.6 is 0 Å². The lowest BCUT2D eigenvalue weighted by Gasteiger charge is -2.53. The number of piperidine rings is 1. The molecular weight excluding hydrogens is 310 g/mol. The van der Waals surface area contributed by atoms with Crippen LogP contribution in [0.3, 0.4) is 0 Å². The van der Waals surface area contributed by atoms with Gasteiger partial charge in [0.1, 0.15) is 0 Å². The van der Waals surface area contributed by atoms with E-state index in [4.69, 9.17) is 4.18 Å². The largest absolute Gasteiger partial charge is 0.297 e. The van der Waals surface area contributed by atoms with E-state index >= 15 is 0 Å². The quantitative estimate of drug-likeness (QED) is 0.767. The highest BCUT2D eigenvalue weighted by molar-refractivity contribution is 7.86. The van der Waals surface area contributed by atoms with Crippen LogP contribution in [-0.4, -0.2) is 37.5 Å². The summed E-state index contributed by atoms with van der Waals surface area (Å²) in [6, 6.07) is 6.76. The van der Waals surface area contributed by atoms with E-state index in [1.807, 2.05) is 6.92 Å². The molecule has 1 aliphatic rings. The third-order valence-corrected chi connectivity index (χ3v) is 6.23. The smallest absolute Gasteiger partial charge is 0.291 e. The maximum atomic E-state index is 12.3. The Balaban J connectivity index is 2.01. The average molecular weight is 340 g/mol. The number of hydrogen-bond donors (Lipinski definition) is 0. The molecule has 0 unspecified atom stereocenters. The lowest BCUT2D eigenvalue weighted by Crippen LogP contribution is -2.59. The SMILES string of the molecule is Cc1ccc(S(=O)(=O)OCCN2C(C)(C)CCCC2(C)C)cc1. The summed E-state index contributed by atoms with van der Waals surface area (Å²) in [4.78, 5) is 2.61. The van der Waals surface area contributed by atoms with Crippen LogP contribution in [0.2, 0.25) is 0 Å². The molecule has 0 atom stereocenters. The zero-order valence-corrected chi connectivity index (χ0v) is 15.7. The summed E-state index contributed by atoms with van der Waals surface area (Å²) in [5.41, 5.74) is 1.16. The molecule has 1 aromatic carbocycles. The second kappa shape index (κ2) is 6.54. The summed E-state index contributed by atoms with van der Waals surface area (Å²) < 4.78 is 29.8. The number of hydrogen-bond acceptors (Lipinski definition) is 4. The summed E-state index contributed by atoms with van der Waals surface area (Å²) in [5.74, 6) is 0. The molecule has 1 aromatic rings. The Bertz CT molecular complexity index is 617. The Morgan fingerprint density at radius 3 is 2.09 bits per heavy atom. The van der Waals surface area contributed by atoms with E-state index in [0.29, 0.717) is 6.54 Å². The van der Waals surface area contributed by atoms with E-state index < -0.39 is 10.1 Å². The van der Waals surface area contributed by atoms with Crippen LogP contribution in [0.15, 0.2) is 29.2 Å². The molecule has 1 saturated heterocycles. The molecule has 0 radical (unpaired) electrons. The maximum Gasteiger partial charge on any atom is 0.297 e. The lowest BCUT2D eigenvalue weighted by molar-refractivity contribution is -0.0336. The van der Waals surface area contributed by atoms with Crippen LogP contribution < -0.4 is 0 Å². The van der Waals surface area contributed by atoms with Crippen molar-refractivity contribution in [1.29, 1.82) is 0 Å². The van der Waals surface area contributed by atoms with Crippen molar-refractivity contribution in [2.24, 2.45) is 0 Å². The first-order valence-electron chi connectivity index (χ1n) is 8.28. The Hall–Kier alpha value is -0.910. The van der Waals surface area contributed by atoms with Gasteiger partial charge in [-0.25, -0.2) is 0 Å². The van der Waals surface area contributed by atoms with Crippen molar-refractivity contribution in [2.45, 2.75) is 69.9 Å². The van der Waals surface area contributed by atoms with Crippen LogP contribution in [0.1, 0.15) is 52.5 Å². The highest BCUT2D eigenvalue weighted by Crippen LogP contribution is 2.37. The van der Waals surface area contributed by atoms with E-state index in [1.54, 1.807) is 24.3 Å². The van der Waals surface area contributed by atoms with Crippen molar-refractivity contribution in [2.75, 3.05) is 13.2 Å². The van der Waals surface area contributed by atoms with Crippen LogP contribution in [-0.2, 0) is 14.3 Å².